The van der Waals surface area contributed by atoms with Crippen LogP contribution >= 0.6 is 11.6 Å². The Labute approximate surface area is 161 Å². The minimum absolute atomic E-state index is 0.0824. The van der Waals surface area contributed by atoms with E-state index in [0.717, 1.165) is 4.90 Å². The van der Waals surface area contributed by atoms with Gasteiger partial charge in [-0.05, 0) is 26.8 Å². The van der Waals surface area contributed by atoms with Gasteiger partial charge in [-0.2, -0.15) is 0 Å². The van der Waals surface area contributed by atoms with Gasteiger partial charge in [0.25, 0.3) is 0 Å². The lowest BCUT2D eigenvalue weighted by atomic mass is 10.0. The molecule has 1 aliphatic heterocycles. The van der Waals surface area contributed by atoms with Crippen LogP contribution in [-0.2, 0) is 16.1 Å². The number of nitrogens with one attached hydrogen (secondary N) is 1. The molecule has 0 bridgehead atoms. The summed E-state index contributed by atoms with van der Waals surface area (Å²) in [5.41, 5.74) is -2.78. The van der Waals surface area contributed by atoms with Gasteiger partial charge in [-0.25, -0.2) is 13.6 Å². The number of likely N-dealkylation sites (tertiary alicyclic amines) is 1. The fourth-order valence-corrected chi connectivity index (χ4v) is 2.98. The molecule has 0 saturated carbocycles. The summed E-state index contributed by atoms with van der Waals surface area (Å²) in [4.78, 5) is 25.8. The van der Waals surface area contributed by atoms with E-state index in [4.69, 9.17) is 16.3 Å². The summed E-state index contributed by atoms with van der Waals surface area (Å²) in [5.74, 6) is -1.33. The highest BCUT2D eigenvalue weighted by Gasteiger charge is 2.50. The highest BCUT2D eigenvalue weighted by Crippen LogP contribution is 2.32. The van der Waals surface area contributed by atoms with E-state index in [2.05, 4.69) is 5.32 Å². The van der Waals surface area contributed by atoms with Crippen LogP contribution in [0.15, 0.2) is 18.2 Å². The maximum absolute atomic E-state index is 14.6. The molecule has 1 aromatic rings. The Morgan fingerprint density at radius 1 is 1.44 bits per heavy atom. The van der Waals surface area contributed by atoms with Gasteiger partial charge in [0.1, 0.15) is 17.5 Å². The molecule has 2 rings (SSSR count). The van der Waals surface area contributed by atoms with Crippen LogP contribution in [0.25, 0.3) is 0 Å². The molecule has 0 spiro atoms. The maximum Gasteiger partial charge on any atom is 0.411 e. The van der Waals surface area contributed by atoms with Crippen molar-refractivity contribution in [1.29, 1.82) is 0 Å². The fourth-order valence-electron chi connectivity index (χ4n) is 2.78. The number of hydrogen-bond acceptors (Lipinski definition) is 4. The number of hydrogen-bond donors (Lipinski definition) is 2. The van der Waals surface area contributed by atoms with Crippen LogP contribution in [-0.4, -0.2) is 52.5 Å². The van der Waals surface area contributed by atoms with Gasteiger partial charge in [0.15, 0.2) is 5.67 Å². The number of amides is 2. The first-order valence-electron chi connectivity index (χ1n) is 8.46. The molecule has 2 atom stereocenters. The zero-order valence-electron chi connectivity index (χ0n) is 15.4. The van der Waals surface area contributed by atoms with Crippen molar-refractivity contribution in [1.82, 2.24) is 10.2 Å². The summed E-state index contributed by atoms with van der Waals surface area (Å²) in [6.45, 7) is 3.45. The van der Waals surface area contributed by atoms with Crippen LogP contribution in [0.1, 0.15) is 32.8 Å². The zero-order valence-corrected chi connectivity index (χ0v) is 16.1. The van der Waals surface area contributed by atoms with Gasteiger partial charge in [-0.3, -0.25) is 9.69 Å². The van der Waals surface area contributed by atoms with Crippen molar-refractivity contribution in [2.75, 3.05) is 13.2 Å². The number of rotatable bonds is 4. The molecule has 1 saturated heterocycles. The van der Waals surface area contributed by atoms with E-state index in [1.807, 2.05) is 0 Å². The van der Waals surface area contributed by atoms with Gasteiger partial charge in [0.05, 0.1) is 18.2 Å². The highest BCUT2D eigenvalue weighted by atomic mass is 35.5. The van der Waals surface area contributed by atoms with Crippen molar-refractivity contribution in [2.45, 2.75) is 51.0 Å². The molecule has 1 aliphatic rings. The van der Waals surface area contributed by atoms with Crippen molar-refractivity contribution in [3.05, 3.63) is 34.6 Å². The van der Waals surface area contributed by atoms with Crippen LogP contribution in [0.2, 0.25) is 5.02 Å². The SMILES string of the molecule is CC(C)(C)OC(=O)N1C[C@](F)(CO)C[C@H]1C(=O)NCc1cccc(Cl)c1F. The fraction of sp³-hybridized carbons (Fsp3) is 0.556. The minimum Gasteiger partial charge on any atom is -0.444 e. The van der Waals surface area contributed by atoms with Gasteiger partial charge in [-0.15, -0.1) is 0 Å². The third-order valence-electron chi connectivity index (χ3n) is 4.09. The van der Waals surface area contributed by atoms with Crippen LogP contribution in [0.3, 0.4) is 0 Å². The Balaban J connectivity index is 2.13. The van der Waals surface area contributed by atoms with Crippen molar-refractivity contribution < 1.29 is 28.2 Å². The monoisotopic (exact) mass is 404 g/mol. The van der Waals surface area contributed by atoms with E-state index >= 15 is 0 Å². The number of carbonyl (C=O) groups is 2. The van der Waals surface area contributed by atoms with E-state index in [0.29, 0.717) is 0 Å². The van der Waals surface area contributed by atoms with E-state index in [1.54, 1.807) is 20.8 Å². The first kappa shape index (κ1) is 21.4. The second kappa shape index (κ2) is 7.98. The molecule has 2 amide bonds. The number of halogens is 3. The van der Waals surface area contributed by atoms with Gasteiger partial charge in [0, 0.05) is 18.5 Å². The lowest BCUT2D eigenvalue weighted by Gasteiger charge is -2.28. The van der Waals surface area contributed by atoms with Crippen molar-refractivity contribution in [3.8, 4) is 0 Å². The first-order chi connectivity index (χ1) is 12.5. The zero-order chi connectivity index (χ0) is 20.4. The smallest absolute Gasteiger partial charge is 0.411 e. The summed E-state index contributed by atoms with van der Waals surface area (Å²) in [6.07, 6.45) is -1.24. The van der Waals surface area contributed by atoms with Crippen molar-refractivity contribution >= 4 is 23.6 Å². The third-order valence-corrected chi connectivity index (χ3v) is 4.38. The largest absolute Gasteiger partial charge is 0.444 e. The number of aliphatic hydroxyl groups excluding tert-OH is 1. The summed E-state index contributed by atoms with van der Waals surface area (Å²) in [7, 11) is 0. The van der Waals surface area contributed by atoms with Gasteiger partial charge < -0.3 is 15.2 Å². The molecule has 0 radical (unpaired) electrons. The van der Waals surface area contributed by atoms with Gasteiger partial charge in [-0.1, -0.05) is 23.7 Å². The second-order valence-corrected chi connectivity index (χ2v) is 7.98. The molecule has 0 aromatic heterocycles. The number of ether oxygens (including phenoxy) is 1. The molecule has 27 heavy (non-hydrogen) atoms. The molecular formula is C18H23ClF2N2O4. The molecule has 2 N–H and O–H groups in total. The molecule has 150 valence electrons. The topological polar surface area (TPSA) is 78.9 Å². The lowest BCUT2D eigenvalue weighted by Crippen LogP contribution is -2.47. The van der Waals surface area contributed by atoms with E-state index < -0.39 is 48.3 Å². The number of alkyl halides is 1. The lowest BCUT2D eigenvalue weighted by molar-refractivity contribution is -0.125. The summed E-state index contributed by atoms with van der Waals surface area (Å²) in [5, 5.41) is 11.7. The molecule has 9 heteroatoms. The number of benzene rings is 1. The van der Waals surface area contributed by atoms with Crippen LogP contribution in [0, 0.1) is 5.82 Å². The quantitative estimate of drug-likeness (QED) is 0.808. The average Bonchev–Trinajstić information content (AvgIpc) is 2.93. The summed E-state index contributed by atoms with van der Waals surface area (Å²) in [6, 6.07) is 3.18. The number of aliphatic hydroxyl groups is 1. The normalized spacial score (nSPS) is 22.6. The third kappa shape index (κ3) is 5.29. The molecule has 0 unspecified atom stereocenters. The van der Waals surface area contributed by atoms with Gasteiger partial charge in [0.2, 0.25) is 5.91 Å². The maximum atomic E-state index is 14.6. The second-order valence-electron chi connectivity index (χ2n) is 7.57. The molecule has 0 aliphatic carbocycles. The van der Waals surface area contributed by atoms with Gasteiger partial charge >= 0.3 is 6.09 Å². The molecule has 1 fully saturated rings. The number of nitrogens with zero attached hydrogens (tertiary/aromatic N) is 1. The van der Waals surface area contributed by atoms with Crippen molar-refractivity contribution in [2.24, 2.45) is 0 Å². The summed E-state index contributed by atoms with van der Waals surface area (Å²) < 4.78 is 33.8. The molecule has 1 aromatic carbocycles. The van der Waals surface area contributed by atoms with Crippen LogP contribution in [0.5, 0.6) is 0 Å². The molecular weight excluding hydrogens is 382 g/mol. The van der Waals surface area contributed by atoms with Crippen LogP contribution in [0.4, 0.5) is 13.6 Å². The predicted molar refractivity (Wildman–Crippen MR) is 95.5 cm³/mol. The predicted octanol–water partition coefficient (Wildman–Crippen LogP) is 2.81. The highest BCUT2D eigenvalue weighted by molar-refractivity contribution is 6.30. The molecule has 6 nitrogen and oxygen atoms in total. The Hall–Kier alpha value is -1.93. The Morgan fingerprint density at radius 3 is 2.70 bits per heavy atom. The Kier molecular flexibility index (Phi) is 6.32. The first-order valence-corrected chi connectivity index (χ1v) is 8.83. The van der Waals surface area contributed by atoms with E-state index in [1.165, 1.54) is 18.2 Å². The van der Waals surface area contributed by atoms with Crippen molar-refractivity contribution in [3.63, 3.8) is 0 Å². The molecule has 1 heterocycles. The standard InChI is InChI=1S/C18H23ClF2N2O4/c1-17(2,3)27-16(26)23-9-18(21,10-24)7-13(23)15(25)22-8-11-5-4-6-12(19)14(11)20/h4-6,13,24H,7-10H2,1-3H3,(H,22,25)/t13-,18-/m0/s1. The van der Waals surface area contributed by atoms with Crippen LogP contribution < -0.4 is 5.32 Å². The Morgan fingerprint density at radius 2 is 2.11 bits per heavy atom. The average molecular weight is 405 g/mol. The van der Waals surface area contributed by atoms with E-state index in [9.17, 15) is 23.5 Å². The van der Waals surface area contributed by atoms with E-state index in [-0.39, 0.29) is 23.6 Å². The Bertz CT molecular complexity index is 726. The number of carbonyl (C=O) groups excluding carboxylic acids is 2. The summed E-state index contributed by atoms with van der Waals surface area (Å²) >= 11 is 5.70. The minimum atomic E-state index is -2.11.